The molecule has 0 radical (unpaired) electrons. The van der Waals surface area contributed by atoms with Crippen molar-refractivity contribution in [3.05, 3.63) is 35.9 Å². The van der Waals surface area contributed by atoms with Crippen LogP contribution in [0, 0.1) is 0 Å². The summed E-state index contributed by atoms with van der Waals surface area (Å²) < 4.78 is 5.98. The van der Waals surface area contributed by atoms with Crippen LogP contribution >= 0.6 is 0 Å². The molecular weight excluding hydrogens is 296 g/mol. The van der Waals surface area contributed by atoms with Crippen molar-refractivity contribution in [3.8, 4) is 0 Å². The second-order valence-electron chi connectivity index (χ2n) is 8.18. The molecule has 2 aliphatic rings. The highest BCUT2D eigenvalue weighted by Crippen LogP contribution is 2.39. The zero-order valence-electron chi connectivity index (χ0n) is 15.8. The molecule has 134 valence electrons. The van der Waals surface area contributed by atoms with Crippen molar-refractivity contribution in [2.45, 2.75) is 57.6 Å². The van der Waals surface area contributed by atoms with Gasteiger partial charge in [0.2, 0.25) is 0 Å². The lowest BCUT2D eigenvalue weighted by Gasteiger charge is -2.53. The Morgan fingerprint density at radius 1 is 1.04 bits per heavy atom. The molecule has 0 bridgehead atoms. The van der Waals surface area contributed by atoms with E-state index in [0.717, 1.165) is 6.61 Å². The van der Waals surface area contributed by atoms with E-state index >= 15 is 0 Å². The van der Waals surface area contributed by atoms with Gasteiger partial charge < -0.3 is 9.64 Å². The maximum absolute atomic E-state index is 5.98. The Balaban J connectivity index is 1.52. The molecular formula is C21H34N2O. The Morgan fingerprint density at radius 3 is 2.38 bits per heavy atom. The summed E-state index contributed by atoms with van der Waals surface area (Å²) in [5.74, 6) is 0. The number of benzene rings is 1. The molecule has 0 aliphatic carbocycles. The van der Waals surface area contributed by atoms with Crippen LogP contribution in [0.4, 0.5) is 0 Å². The van der Waals surface area contributed by atoms with Gasteiger partial charge in [0.15, 0.2) is 0 Å². The number of rotatable bonds is 5. The summed E-state index contributed by atoms with van der Waals surface area (Å²) in [6.45, 7) is 13.8. The van der Waals surface area contributed by atoms with Crippen LogP contribution in [0.2, 0.25) is 0 Å². The minimum Gasteiger partial charge on any atom is -0.375 e. The van der Waals surface area contributed by atoms with E-state index in [1.807, 2.05) is 0 Å². The number of piperazine rings is 1. The first-order valence-corrected chi connectivity index (χ1v) is 9.68. The highest BCUT2D eigenvalue weighted by atomic mass is 16.5. The summed E-state index contributed by atoms with van der Waals surface area (Å²) in [5, 5.41) is 0. The van der Waals surface area contributed by atoms with Crippen molar-refractivity contribution >= 4 is 0 Å². The zero-order valence-corrected chi connectivity index (χ0v) is 15.8. The van der Waals surface area contributed by atoms with Crippen molar-refractivity contribution in [1.29, 1.82) is 0 Å². The molecule has 2 fully saturated rings. The van der Waals surface area contributed by atoms with E-state index in [1.54, 1.807) is 0 Å². The van der Waals surface area contributed by atoms with Gasteiger partial charge in [0, 0.05) is 44.9 Å². The van der Waals surface area contributed by atoms with Crippen molar-refractivity contribution < 1.29 is 4.74 Å². The predicted octanol–water partition coefficient (Wildman–Crippen LogP) is 3.58. The summed E-state index contributed by atoms with van der Waals surface area (Å²) in [6.07, 6.45) is 4.77. The number of hydrogen-bond donors (Lipinski definition) is 0. The fourth-order valence-electron chi connectivity index (χ4n) is 4.62. The van der Waals surface area contributed by atoms with Crippen LogP contribution in [-0.4, -0.2) is 60.3 Å². The third-order valence-electron chi connectivity index (χ3n) is 6.08. The molecule has 0 spiro atoms. The SMILES string of the molecule is CCC1(N2CCN(CCc3ccccc3)CC2)CCOC(C)(C)C1. The third kappa shape index (κ3) is 4.19. The molecule has 2 saturated heterocycles. The fraction of sp³-hybridized carbons (Fsp3) is 0.714. The maximum atomic E-state index is 5.98. The lowest BCUT2D eigenvalue weighted by Crippen LogP contribution is -2.61. The van der Waals surface area contributed by atoms with Crippen molar-refractivity contribution in [1.82, 2.24) is 9.80 Å². The minimum atomic E-state index is 0.0265. The van der Waals surface area contributed by atoms with E-state index in [9.17, 15) is 0 Å². The summed E-state index contributed by atoms with van der Waals surface area (Å²) >= 11 is 0. The van der Waals surface area contributed by atoms with E-state index in [-0.39, 0.29) is 5.60 Å². The van der Waals surface area contributed by atoms with Crippen molar-refractivity contribution in [2.75, 3.05) is 39.3 Å². The van der Waals surface area contributed by atoms with Crippen LogP contribution in [0.25, 0.3) is 0 Å². The van der Waals surface area contributed by atoms with Crippen LogP contribution in [-0.2, 0) is 11.2 Å². The standard InChI is InChI=1S/C21H34N2O/c1-4-21(11-17-24-20(2,3)18-21)23-15-13-22(14-16-23)12-10-19-8-6-5-7-9-19/h5-9H,4,10-18H2,1-3H3. The predicted molar refractivity (Wildman–Crippen MR) is 100 cm³/mol. The normalized spacial score (nSPS) is 28.8. The molecule has 24 heavy (non-hydrogen) atoms. The molecule has 0 aromatic heterocycles. The number of ether oxygens (including phenoxy) is 1. The Labute approximate surface area is 148 Å². The second kappa shape index (κ2) is 7.55. The van der Waals surface area contributed by atoms with E-state index in [0.29, 0.717) is 5.54 Å². The van der Waals surface area contributed by atoms with Crippen LogP contribution < -0.4 is 0 Å². The first-order valence-electron chi connectivity index (χ1n) is 9.68. The number of hydrogen-bond acceptors (Lipinski definition) is 3. The van der Waals surface area contributed by atoms with Gasteiger partial charge in [-0.25, -0.2) is 0 Å². The molecule has 1 aromatic rings. The lowest BCUT2D eigenvalue weighted by atomic mass is 9.77. The van der Waals surface area contributed by atoms with Gasteiger partial charge in [0.1, 0.15) is 0 Å². The molecule has 1 unspecified atom stereocenters. The first kappa shape index (κ1) is 17.9. The van der Waals surface area contributed by atoms with Crippen LogP contribution in [0.1, 0.15) is 45.6 Å². The number of nitrogens with zero attached hydrogens (tertiary/aromatic N) is 2. The van der Waals surface area contributed by atoms with Crippen molar-refractivity contribution in [3.63, 3.8) is 0 Å². The second-order valence-corrected chi connectivity index (χ2v) is 8.18. The van der Waals surface area contributed by atoms with E-state index in [2.05, 4.69) is 60.9 Å². The highest BCUT2D eigenvalue weighted by molar-refractivity contribution is 5.14. The molecule has 2 heterocycles. The molecule has 3 rings (SSSR count). The summed E-state index contributed by atoms with van der Waals surface area (Å²) in [7, 11) is 0. The molecule has 0 N–H and O–H groups in total. The zero-order chi connectivity index (χ0) is 17.0. The molecule has 1 aromatic carbocycles. The van der Waals surface area contributed by atoms with E-state index in [4.69, 9.17) is 4.74 Å². The van der Waals surface area contributed by atoms with Gasteiger partial charge in [-0.2, -0.15) is 0 Å². The van der Waals surface area contributed by atoms with Crippen LogP contribution in [0.15, 0.2) is 30.3 Å². The summed E-state index contributed by atoms with van der Waals surface area (Å²) in [5.41, 5.74) is 1.84. The van der Waals surface area contributed by atoms with E-state index in [1.165, 1.54) is 64.0 Å². The maximum Gasteiger partial charge on any atom is 0.0644 e. The molecule has 0 saturated carbocycles. The van der Waals surface area contributed by atoms with Gasteiger partial charge in [-0.1, -0.05) is 37.3 Å². The van der Waals surface area contributed by atoms with Gasteiger partial charge in [-0.3, -0.25) is 4.90 Å². The molecule has 1 atom stereocenters. The first-order chi connectivity index (χ1) is 11.5. The highest BCUT2D eigenvalue weighted by Gasteiger charge is 2.44. The van der Waals surface area contributed by atoms with Crippen LogP contribution in [0.3, 0.4) is 0 Å². The largest absolute Gasteiger partial charge is 0.375 e. The summed E-state index contributed by atoms with van der Waals surface area (Å²) in [6, 6.07) is 10.9. The fourth-order valence-corrected chi connectivity index (χ4v) is 4.62. The Morgan fingerprint density at radius 2 is 1.75 bits per heavy atom. The van der Waals surface area contributed by atoms with Gasteiger partial charge in [-0.05, 0) is 45.1 Å². The Kier molecular flexibility index (Phi) is 5.63. The topological polar surface area (TPSA) is 15.7 Å². The Bertz CT molecular complexity index is 508. The average Bonchev–Trinajstić information content (AvgIpc) is 2.60. The van der Waals surface area contributed by atoms with Gasteiger partial charge >= 0.3 is 0 Å². The molecule has 0 amide bonds. The van der Waals surface area contributed by atoms with Gasteiger partial charge in [-0.15, -0.1) is 0 Å². The van der Waals surface area contributed by atoms with Crippen LogP contribution in [0.5, 0.6) is 0 Å². The van der Waals surface area contributed by atoms with Gasteiger partial charge in [0.05, 0.1) is 5.60 Å². The molecule has 3 heteroatoms. The monoisotopic (exact) mass is 330 g/mol. The van der Waals surface area contributed by atoms with Gasteiger partial charge in [0.25, 0.3) is 0 Å². The average molecular weight is 331 g/mol. The molecule has 2 aliphatic heterocycles. The minimum absolute atomic E-state index is 0.0265. The van der Waals surface area contributed by atoms with Crippen molar-refractivity contribution in [2.24, 2.45) is 0 Å². The smallest absolute Gasteiger partial charge is 0.0644 e. The molecule has 3 nitrogen and oxygen atoms in total. The quantitative estimate of drug-likeness (QED) is 0.821. The Hall–Kier alpha value is -0.900. The summed E-state index contributed by atoms with van der Waals surface area (Å²) in [4.78, 5) is 5.41. The van der Waals surface area contributed by atoms with E-state index < -0.39 is 0 Å². The third-order valence-corrected chi connectivity index (χ3v) is 6.08. The lowest BCUT2D eigenvalue weighted by molar-refractivity contribution is -0.128.